The Hall–Kier alpha value is -0.650. The molecule has 0 amide bonds. The number of hydrogen-bond acceptors (Lipinski definition) is 5. The van der Waals surface area contributed by atoms with E-state index in [1.54, 1.807) is 0 Å². The highest BCUT2D eigenvalue weighted by Crippen LogP contribution is 2.68. The number of aliphatic hydroxyl groups excluding tert-OH is 1. The van der Waals surface area contributed by atoms with E-state index in [1.807, 2.05) is 0 Å². The van der Waals surface area contributed by atoms with Crippen molar-refractivity contribution in [3.63, 3.8) is 0 Å². The normalized spacial score (nSPS) is 44.9. The highest BCUT2D eigenvalue weighted by atomic mass is 16.5. The molecule has 10 atom stereocenters. The summed E-state index contributed by atoms with van der Waals surface area (Å²) in [6, 6.07) is 0.578. The van der Waals surface area contributed by atoms with Crippen LogP contribution in [-0.2, 0) is 9.53 Å². The predicted molar refractivity (Wildman–Crippen MR) is 149 cm³/mol. The molecule has 37 heavy (non-hydrogen) atoms. The Morgan fingerprint density at radius 2 is 1.73 bits per heavy atom. The largest absolute Gasteiger partial charge is 0.469 e. The predicted octanol–water partition coefficient (Wildman–Crippen LogP) is 5.65. The molecular weight excluding hydrogens is 460 g/mol. The molecule has 212 valence electrons. The Labute approximate surface area is 226 Å². The van der Waals surface area contributed by atoms with Gasteiger partial charge < -0.3 is 20.1 Å². The number of ether oxygens (including phenoxy) is 1. The number of nitrogens with zero attached hydrogens (tertiary/aromatic N) is 1. The first-order chi connectivity index (χ1) is 17.8. The highest BCUT2D eigenvalue weighted by Gasteiger charge is 2.62. The van der Waals surface area contributed by atoms with Gasteiger partial charge in [0.1, 0.15) is 0 Å². The van der Waals surface area contributed by atoms with Gasteiger partial charge in [-0.15, -0.1) is 0 Å². The number of hydrogen-bond donors (Lipinski definition) is 2. The lowest BCUT2D eigenvalue weighted by Gasteiger charge is -2.62. The minimum atomic E-state index is -0.143. The van der Waals surface area contributed by atoms with Crippen LogP contribution in [0.4, 0.5) is 0 Å². The number of piperidine rings is 1. The van der Waals surface area contributed by atoms with Crippen LogP contribution in [0.1, 0.15) is 104 Å². The van der Waals surface area contributed by atoms with Gasteiger partial charge in [0.05, 0.1) is 13.2 Å². The van der Waals surface area contributed by atoms with Crippen molar-refractivity contribution in [2.75, 3.05) is 33.3 Å². The summed E-state index contributed by atoms with van der Waals surface area (Å²) in [5.74, 6) is 3.84. The van der Waals surface area contributed by atoms with E-state index in [0.29, 0.717) is 47.0 Å². The maximum absolute atomic E-state index is 11.8. The molecule has 1 heterocycles. The third-order valence-corrected chi connectivity index (χ3v) is 12.8. The van der Waals surface area contributed by atoms with Crippen LogP contribution in [0, 0.1) is 46.3 Å². The van der Waals surface area contributed by atoms with Crippen LogP contribution >= 0.6 is 0 Å². The Morgan fingerprint density at radius 1 is 1.00 bits per heavy atom. The number of likely N-dealkylation sites (tertiary alicyclic amines) is 1. The molecule has 5 heteroatoms. The first-order valence-corrected chi connectivity index (χ1v) is 16.0. The first kappa shape index (κ1) is 27.9. The summed E-state index contributed by atoms with van der Waals surface area (Å²) in [7, 11) is 1.50. The molecule has 4 saturated carbocycles. The lowest BCUT2D eigenvalue weighted by molar-refractivity contribution is -0.162. The maximum Gasteiger partial charge on any atom is 0.305 e. The van der Waals surface area contributed by atoms with E-state index in [2.05, 4.69) is 31.0 Å². The van der Waals surface area contributed by atoms with Crippen LogP contribution in [0.15, 0.2) is 0 Å². The molecule has 5 nitrogen and oxygen atoms in total. The molecule has 1 aliphatic heterocycles. The molecule has 4 aliphatic carbocycles. The van der Waals surface area contributed by atoms with Crippen molar-refractivity contribution in [2.24, 2.45) is 46.3 Å². The molecule has 5 unspecified atom stereocenters. The van der Waals surface area contributed by atoms with Crippen LogP contribution in [0.25, 0.3) is 0 Å². The van der Waals surface area contributed by atoms with Crippen molar-refractivity contribution < 1.29 is 14.6 Å². The van der Waals surface area contributed by atoms with Crippen molar-refractivity contribution in [2.45, 2.75) is 116 Å². The van der Waals surface area contributed by atoms with Crippen molar-refractivity contribution in [3.05, 3.63) is 0 Å². The minimum Gasteiger partial charge on any atom is -0.469 e. The van der Waals surface area contributed by atoms with Gasteiger partial charge in [0.15, 0.2) is 0 Å². The molecule has 0 radical (unpaired) electrons. The number of esters is 1. The standard InChI is InChI=1S/C32H56N2O3/c1-22(8-11-30(36)37-4)25-9-10-26-24-21-29(35)28-20-23(33-16-19-34-17-6-5-7-18-34)12-14-32(28,3)27(24)13-15-31(25,26)2/h22-29,33,35H,5-21H2,1-4H3/t22?,23-,24?,25+,26?,27?,28+,29?,31+,32+/m0/s1. The van der Waals surface area contributed by atoms with Gasteiger partial charge in [0.25, 0.3) is 0 Å². The number of rotatable bonds is 8. The van der Waals surface area contributed by atoms with Crippen molar-refractivity contribution in [1.29, 1.82) is 0 Å². The average molecular weight is 517 g/mol. The Balaban J connectivity index is 1.20. The van der Waals surface area contributed by atoms with Gasteiger partial charge in [-0.05, 0) is 130 Å². The fourth-order valence-corrected chi connectivity index (χ4v) is 10.7. The van der Waals surface area contributed by atoms with Crippen LogP contribution < -0.4 is 5.32 Å². The number of methoxy groups -OCH3 is 1. The van der Waals surface area contributed by atoms with E-state index in [-0.39, 0.29) is 12.1 Å². The van der Waals surface area contributed by atoms with Gasteiger partial charge in [-0.2, -0.15) is 0 Å². The van der Waals surface area contributed by atoms with Crippen LogP contribution in [-0.4, -0.2) is 61.4 Å². The second-order valence-corrected chi connectivity index (χ2v) is 14.4. The smallest absolute Gasteiger partial charge is 0.305 e. The Morgan fingerprint density at radius 3 is 2.49 bits per heavy atom. The maximum atomic E-state index is 11.8. The highest BCUT2D eigenvalue weighted by molar-refractivity contribution is 5.69. The zero-order valence-electron chi connectivity index (χ0n) is 24.4. The molecule has 1 saturated heterocycles. The fourth-order valence-electron chi connectivity index (χ4n) is 10.7. The van der Waals surface area contributed by atoms with E-state index in [1.165, 1.54) is 84.5 Å². The van der Waals surface area contributed by atoms with Gasteiger partial charge in [0.2, 0.25) is 0 Å². The third kappa shape index (κ3) is 5.40. The average Bonchev–Trinajstić information content (AvgIpc) is 3.26. The monoisotopic (exact) mass is 516 g/mol. The molecule has 5 aliphatic rings. The van der Waals surface area contributed by atoms with Crippen molar-refractivity contribution in [1.82, 2.24) is 10.2 Å². The number of aliphatic hydroxyl groups is 1. The zero-order valence-corrected chi connectivity index (χ0v) is 24.4. The number of fused-ring (bicyclic) bond motifs is 5. The second-order valence-electron chi connectivity index (χ2n) is 14.4. The molecular formula is C32H56N2O3. The molecule has 5 rings (SSSR count). The summed E-state index contributed by atoms with van der Waals surface area (Å²) in [6.45, 7) is 12.4. The third-order valence-electron chi connectivity index (χ3n) is 12.8. The first-order valence-electron chi connectivity index (χ1n) is 16.0. The SMILES string of the molecule is COC(=O)CCC(C)[C@H]1CCC2C3CC(O)[C@H]4C[C@@H](NCCN5CCCCC5)CC[C@]4(C)C3CC[C@@]21C. The fraction of sp³-hybridized carbons (Fsp3) is 0.969. The topological polar surface area (TPSA) is 61.8 Å². The molecule has 0 aromatic heterocycles. The summed E-state index contributed by atoms with van der Waals surface area (Å²) < 4.78 is 4.92. The Bertz CT molecular complexity index is 784. The number of nitrogens with one attached hydrogen (secondary N) is 1. The van der Waals surface area contributed by atoms with Crippen molar-refractivity contribution >= 4 is 5.97 Å². The molecule has 0 aromatic carbocycles. The molecule has 0 bridgehead atoms. The second kappa shape index (κ2) is 11.5. The van der Waals surface area contributed by atoms with Crippen LogP contribution in [0.2, 0.25) is 0 Å². The quantitative estimate of drug-likeness (QED) is 0.408. The summed E-state index contributed by atoms with van der Waals surface area (Å²) in [5.41, 5.74) is 0.663. The lowest BCUT2D eigenvalue weighted by atomic mass is 9.43. The summed E-state index contributed by atoms with van der Waals surface area (Å²) in [4.78, 5) is 14.4. The van der Waals surface area contributed by atoms with Crippen molar-refractivity contribution in [3.8, 4) is 0 Å². The van der Waals surface area contributed by atoms with Crippen LogP contribution in [0.3, 0.4) is 0 Å². The van der Waals surface area contributed by atoms with E-state index >= 15 is 0 Å². The molecule has 0 spiro atoms. The minimum absolute atomic E-state index is 0.0683. The van der Waals surface area contributed by atoms with Gasteiger partial charge in [-0.25, -0.2) is 0 Å². The number of carbonyl (C=O) groups excluding carboxylic acids is 1. The van der Waals surface area contributed by atoms with E-state index < -0.39 is 0 Å². The zero-order chi connectivity index (χ0) is 26.2. The molecule has 5 fully saturated rings. The van der Waals surface area contributed by atoms with Gasteiger partial charge in [-0.1, -0.05) is 27.2 Å². The number of carbonyl (C=O) groups is 1. The van der Waals surface area contributed by atoms with Crippen LogP contribution in [0.5, 0.6) is 0 Å². The van der Waals surface area contributed by atoms with Gasteiger partial charge in [0, 0.05) is 25.6 Å². The van der Waals surface area contributed by atoms with E-state index in [4.69, 9.17) is 4.74 Å². The van der Waals surface area contributed by atoms with Gasteiger partial charge in [-0.3, -0.25) is 4.79 Å². The van der Waals surface area contributed by atoms with Gasteiger partial charge >= 0.3 is 5.97 Å². The summed E-state index contributed by atoms with van der Waals surface area (Å²) in [6.07, 6.45) is 15.5. The lowest BCUT2D eigenvalue weighted by Crippen LogP contribution is -2.59. The summed E-state index contributed by atoms with van der Waals surface area (Å²) >= 11 is 0. The molecule has 0 aromatic rings. The summed E-state index contributed by atoms with van der Waals surface area (Å²) in [5, 5.41) is 15.5. The Kier molecular flexibility index (Phi) is 8.64. The van der Waals surface area contributed by atoms with E-state index in [9.17, 15) is 9.90 Å². The van der Waals surface area contributed by atoms with E-state index in [0.717, 1.165) is 37.6 Å². The molecule has 2 N–H and O–H groups in total.